The smallest absolute Gasteiger partial charge is 0.249 e. The molecule has 3 aromatic heterocycles. The molecule has 1 fully saturated rings. The number of aryl methyl sites for hydroxylation is 3. The Morgan fingerprint density at radius 3 is 2.37 bits per heavy atom. The summed E-state index contributed by atoms with van der Waals surface area (Å²) in [5.74, 6) is -0.663. The second kappa shape index (κ2) is 20.1. The topological polar surface area (TPSA) is 204 Å². The van der Waals surface area contributed by atoms with E-state index in [2.05, 4.69) is 37.5 Å². The van der Waals surface area contributed by atoms with E-state index < -0.39 is 41.3 Å². The Bertz CT molecular complexity index is 2950. The molecule has 15 nitrogen and oxygen atoms in total. The number of nitrogens with zero attached hydrogens (tertiary/aromatic N) is 4. The number of carbonyl (C=O) groups excluding carboxylic acids is 4. The van der Waals surface area contributed by atoms with Crippen LogP contribution in [0.5, 0.6) is 5.75 Å². The minimum absolute atomic E-state index is 0.0296. The molecule has 354 valence electrons. The number of benzene rings is 4. The lowest BCUT2D eigenvalue weighted by Crippen LogP contribution is -2.58. The number of nitrogens with two attached hydrogens (primary N) is 1. The molecule has 0 aliphatic carbocycles. The zero-order chi connectivity index (χ0) is 48.3. The molecule has 1 saturated heterocycles. The Hall–Kier alpha value is -6.88. The monoisotopic (exact) mass is 939 g/mol. The first-order valence-corrected chi connectivity index (χ1v) is 23.6. The van der Waals surface area contributed by atoms with Gasteiger partial charge in [-0.3, -0.25) is 19.2 Å². The van der Waals surface area contributed by atoms with Gasteiger partial charge in [0.2, 0.25) is 23.6 Å². The van der Waals surface area contributed by atoms with Crippen LogP contribution in [0.25, 0.3) is 43.4 Å². The van der Waals surface area contributed by atoms with Crippen LogP contribution in [0, 0.1) is 26.2 Å². The van der Waals surface area contributed by atoms with Crippen molar-refractivity contribution in [3.8, 4) is 27.3 Å². The van der Waals surface area contributed by atoms with Crippen molar-refractivity contribution in [2.24, 2.45) is 11.1 Å². The summed E-state index contributed by atoms with van der Waals surface area (Å²) in [6.45, 7) is 12.1. The third-order valence-corrected chi connectivity index (χ3v) is 13.3. The van der Waals surface area contributed by atoms with Crippen LogP contribution >= 0.6 is 11.3 Å². The van der Waals surface area contributed by atoms with Crippen LogP contribution in [-0.2, 0) is 32.2 Å². The van der Waals surface area contributed by atoms with Gasteiger partial charge in [-0.1, -0.05) is 80.5 Å². The first-order chi connectivity index (χ1) is 32.6. The highest BCUT2D eigenvalue weighted by atomic mass is 32.1. The number of thiazole rings is 1. The quantitative estimate of drug-likeness (QED) is 0.0674. The standard InChI is InChI=1S/C52H57N7O8S/c1-30-45(32(3)67-57-30)36-21-40(49(53)62)46-39-24-38(17-18-41(39)58(42(46)22-36)26-34-11-8-7-9-12-34)66-20-10-19-65-28-44(61)56-48(52(4,5)6)51(64)59-27-37(60)23-43(59)50(63)54-25-33-13-15-35(16-14-33)47-31(2)55-29-68-47/h7-9,11-18,21-22,24,29,37,43,48,60H,10,19-20,23,25-28H2,1-6H3,(H2,53,62)(H,54,63)(H,56,61)/t37-,43+,48-/m1/s1. The molecule has 0 bridgehead atoms. The van der Waals surface area contributed by atoms with Gasteiger partial charge in [-0.15, -0.1) is 11.3 Å². The van der Waals surface area contributed by atoms with E-state index in [1.54, 1.807) is 17.4 Å². The Morgan fingerprint density at radius 2 is 1.69 bits per heavy atom. The van der Waals surface area contributed by atoms with Crippen LogP contribution in [0.4, 0.5) is 0 Å². The lowest BCUT2D eigenvalue weighted by molar-refractivity contribution is -0.144. The maximum Gasteiger partial charge on any atom is 0.249 e. The lowest BCUT2D eigenvalue weighted by atomic mass is 9.85. The van der Waals surface area contributed by atoms with Gasteiger partial charge in [-0.05, 0) is 78.8 Å². The van der Waals surface area contributed by atoms with E-state index in [4.69, 9.17) is 19.7 Å². The van der Waals surface area contributed by atoms with E-state index in [0.29, 0.717) is 41.1 Å². The van der Waals surface area contributed by atoms with Gasteiger partial charge >= 0.3 is 0 Å². The molecule has 5 N–H and O–H groups in total. The van der Waals surface area contributed by atoms with Crippen LogP contribution in [0.15, 0.2) is 95.0 Å². The fourth-order valence-corrected chi connectivity index (χ4v) is 9.77. The second-order valence-corrected chi connectivity index (χ2v) is 19.3. The molecule has 1 aliphatic heterocycles. The minimum atomic E-state index is -0.989. The number of aliphatic hydroxyl groups is 1. The van der Waals surface area contributed by atoms with Crippen LogP contribution in [0.1, 0.15) is 72.2 Å². The summed E-state index contributed by atoms with van der Waals surface area (Å²) in [4.78, 5) is 60.8. The average Bonchev–Trinajstić information content (AvgIpc) is 4.09. The molecule has 0 spiro atoms. The maximum atomic E-state index is 14.1. The normalized spacial score (nSPS) is 15.5. The van der Waals surface area contributed by atoms with Crippen LogP contribution in [-0.4, -0.2) is 92.9 Å². The van der Waals surface area contributed by atoms with Crippen molar-refractivity contribution in [2.75, 3.05) is 26.4 Å². The van der Waals surface area contributed by atoms with Crippen molar-refractivity contribution in [3.63, 3.8) is 0 Å². The summed E-state index contributed by atoms with van der Waals surface area (Å²) in [7, 11) is 0. The molecule has 1 aliphatic rings. The molecular formula is C52H57N7O8S. The average molecular weight is 940 g/mol. The number of amides is 4. The van der Waals surface area contributed by atoms with Crippen molar-refractivity contribution >= 4 is 56.8 Å². The molecule has 8 rings (SSSR count). The summed E-state index contributed by atoms with van der Waals surface area (Å²) in [6, 6.07) is 25.7. The molecule has 7 aromatic rings. The number of likely N-dealkylation sites (tertiary alicyclic amines) is 1. The summed E-state index contributed by atoms with van der Waals surface area (Å²) in [6.07, 6.45) is -0.350. The first-order valence-electron chi connectivity index (χ1n) is 22.7. The van der Waals surface area contributed by atoms with Gasteiger partial charge in [0.15, 0.2) is 0 Å². The third-order valence-electron chi connectivity index (χ3n) is 12.4. The molecule has 4 amide bonds. The van der Waals surface area contributed by atoms with Gasteiger partial charge in [-0.2, -0.15) is 0 Å². The van der Waals surface area contributed by atoms with E-state index >= 15 is 0 Å². The molecule has 0 radical (unpaired) electrons. The van der Waals surface area contributed by atoms with E-state index in [9.17, 15) is 24.3 Å². The number of nitrogens with one attached hydrogen (secondary N) is 2. The van der Waals surface area contributed by atoms with Crippen LogP contribution in [0.2, 0.25) is 0 Å². The maximum absolute atomic E-state index is 14.1. The van der Waals surface area contributed by atoms with Crippen molar-refractivity contribution < 1.29 is 38.3 Å². The molecule has 4 heterocycles. The van der Waals surface area contributed by atoms with Gasteiger partial charge in [0, 0.05) is 59.9 Å². The summed E-state index contributed by atoms with van der Waals surface area (Å²) in [5.41, 5.74) is 15.5. The number of fused-ring (bicyclic) bond motifs is 3. The number of carbonyl (C=O) groups is 4. The Morgan fingerprint density at radius 1 is 0.926 bits per heavy atom. The van der Waals surface area contributed by atoms with Gasteiger partial charge in [0.25, 0.3) is 0 Å². The minimum Gasteiger partial charge on any atom is -0.493 e. The summed E-state index contributed by atoms with van der Waals surface area (Å²) < 4.78 is 19.6. The number of aliphatic hydroxyl groups excluding tert-OH is 1. The summed E-state index contributed by atoms with van der Waals surface area (Å²) >= 11 is 1.57. The number of hydrogen-bond donors (Lipinski definition) is 4. The number of hydrogen-bond acceptors (Lipinski definition) is 11. The Labute approximate surface area is 398 Å². The van der Waals surface area contributed by atoms with Crippen LogP contribution < -0.4 is 21.1 Å². The fourth-order valence-electron chi connectivity index (χ4n) is 8.96. The molecule has 3 atom stereocenters. The van der Waals surface area contributed by atoms with E-state index in [0.717, 1.165) is 54.8 Å². The lowest BCUT2D eigenvalue weighted by Gasteiger charge is -2.35. The Kier molecular flexibility index (Phi) is 14.1. The third kappa shape index (κ3) is 10.3. The SMILES string of the molecule is Cc1ncsc1-c1ccc(CNC(=O)[C@@H]2C[C@@H](O)CN2C(=O)[C@@H](NC(=O)COCCCOc2ccc3c(c2)c2c(C(N)=O)cc(-c4c(C)noc4C)cc2n3Cc2ccccc2)C(C)(C)C)cc1. The number of aromatic nitrogens is 3. The van der Waals surface area contributed by atoms with Crippen molar-refractivity contribution in [1.82, 2.24) is 30.2 Å². The van der Waals surface area contributed by atoms with Crippen LogP contribution in [0.3, 0.4) is 0 Å². The van der Waals surface area contributed by atoms with Crippen molar-refractivity contribution in [2.45, 2.75) is 85.7 Å². The molecule has 16 heteroatoms. The molecule has 68 heavy (non-hydrogen) atoms. The molecule has 0 unspecified atom stereocenters. The highest BCUT2D eigenvalue weighted by Crippen LogP contribution is 2.39. The number of rotatable bonds is 17. The van der Waals surface area contributed by atoms with Gasteiger partial charge in [0.05, 0.1) is 46.6 Å². The Balaban J connectivity index is 0.877. The number of ether oxygens (including phenoxy) is 2. The first kappa shape index (κ1) is 47.6. The zero-order valence-corrected chi connectivity index (χ0v) is 39.9. The van der Waals surface area contributed by atoms with Crippen molar-refractivity contribution in [1.29, 1.82) is 0 Å². The summed E-state index contributed by atoms with van der Waals surface area (Å²) in [5, 5.41) is 22.1. The fraction of sp³-hybridized carbons (Fsp3) is 0.346. The van der Waals surface area contributed by atoms with Crippen molar-refractivity contribution in [3.05, 3.63) is 124 Å². The molecule has 0 saturated carbocycles. The number of β-amino-alcohol motifs (C(OH)–C–C–N with tert-alkyl or cyclic N) is 1. The van der Waals surface area contributed by atoms with E-state index in [-0.39, 0.29) is 45.2 Å². The zero-order valence-electron chi connectivity index (χ0n) is 39.1. The van der Waals surface area contributed by atoms with E-state index in [1.165, 1.54) is 4.90 Å². The van der Waals surface area contributed by atoms with Gasteiger partial charge in [0.1, 0.15) is 30.2 Å². The van der Waals surface area contributed by atoms with Gasteiger partial charge < -0.3 is 44.9 Å². The predicted molar refractivity (Wildman–Crippen MR) is 261 cm³/mol. The van der Waals surface area contributed by atoms with E-state index in [1.807, 2.05) is 114 Å². The highest BCUT2D eigenvalue weighted by molar-refractivity contribution is 7.13. The molecular weight excluding hydrogens is 883 g/mol. The largest absolute Gasteiger partial charge is 0.493 e. The number of primary amides is 1. The predicted octanol–water partition coefficient (Wildman–Crippen LogP) is 7.24. The van der Waals surface area contributed by atoms with Gasteiger partial charge in [-0.25, -0.2) is 4.98 Å². The second-order valence-electron chi connectivity index (χ2n) is 18.4. The highest BCUT2D eigenvalue weighted by Gasteiger charge is 2.44. The molecule has 4 aromatic carbocycles.